The fourth-order valence-corrected chi connectivity index (χ4v) is 4.28. The number of aromatic nitrogens is 5. The van der Waals surface area contributed by atoms with Gasteiger partial charge < -0.3 is 0 Å². The van der Waals surface area contributed by atoms with Crippen molar-refractivity contribution in [3.8, 4) is 17.1 Å². The summed E-state index contributed by atoms with van der Waals surface area (Å²) in [6.07, 6.45) is 3.42. The lowest BCUT2D eigenvalue weighted by Gasteiger charge is -2.11. The monoisotopic (exact) mass is 509 g/mol. The Balaban J connectivity index is 1.52. The quantitative estimate of drug-likeness (QED) is 0.231. The lowest BCUT2D eigenvalue weighted by atomic mass is 10.2. The molecule has 32 heavy (non-hydrogen) atoms. The molecule has 4 aromatic rings. The number of halogens is 1. The topological polar surface area (TPSA) is 90.0 Å². The Hall–Kier alpha value is -3.24. The molecule has 0 radical (unpaired) electrons. The standard InChI is InChI=1S/C22H20BrN7OS/c1-15-16(13-29(2)28-15)12-24-25-20(31)14-32-22-27-26-21(18-10-6-7-11-19(18)23)30(22)17-8-4-3-5-9-17/h3-13H,14H2,1-2H3,(H,25,31)/b24-12-. The molecule has 1 N–H and O–H groups in total. The van der Waals surface area contributed by atoms with Crippen LogP contribution in [0.25, 0.3) is 17.1 Å². The maximum atomic E-state index is 12.3. The number of aryl methyl sites for hydroxylation is 2. The predicted octanol–water partition coefficient (Wildman–Crippen LogP) is 3.98. The van der Waals surface area contributed by atoms with Gasteiger partial charge in [0.2, 0.25) is 0 Å². The minimum absolute atomic E-state index is 0.143. The first-order chi connectivity index (χ1) is 15.5. The number of nitrogens with one attached hydrogen (secondary N) is 1. The molecule has 2 aromatic carbocycles. The van der Waals surface area contributed by atoms with Gasteiger partial charge in [0.1, 0.15) is 0 Å². The molecule has 2 heterocycles. The normalized spacial score (nSPS) is 11.2. The highest BCUT2D eigenvalue weighted by Gasteiger charge is 2.18. The first-order valence-corrected chi connectivity index (χ1v) is 11.5. The molecule has 0 bridgehead atoms. The highest BCUT2D eigenvalue weighted by Crippen LogP contribution is 2.31. The molecule has 4 rings (SSSR count). The van der Waals surface area contributed by atoms with Crippen LogP contribution in [-0.4, -0.2) is 42.4 Å². The minimum Gasteiger partial charge on any atom is -0.275 e. The summed E-state index contributed by atoms with van der Waals surface area (Å²) in [7, 11) is 1.84. The van der Waals surface area contributed by atoms with E-state index in [9.17, 15) is 4.79 Å². The third-order valence-electron chi connectivity index (χ3n) is 4.54. The van der Waals surface area contributed by atoms with Crippen LogP contribution in [0.1, 0.15) is 11.3 Å². The van der Waals surface area contributed by atoms with Crippen LogP contribution in [0.5, 0.6) is 0 Å². The van der Waals surface area contributed by atoms with Crippen molar-refractivity contribution in [3.63, 3.8) is 0 Å². The zero-order chi connectivity index (χ0) is 22.5. The molecule has 10 heteroatoms. The smallest absolute Gasteiger partial charge is 0.250 e. The SMILES string of the molecule is Cc1nn(C)cc1/C=N\NC(=O)CSc1nnc(-c2ccccc2Br)n1-c1ccccc1. The molecule has 1 amide bonds. The number of nitrogens with zero attached hydrogens (tertiary/aromatic N) is 6. The maximum Gasteiger partial charge on any atom is 0.250 e. The predicted molar refractivity (Wildman–Crippen MR) is 129 cm³/mol. The van der Waals surface area contributed by atoms with Gasteiger partial charge in [-0.25, -0.2) is 5.43 Å². The maximum absolute atomic E-state index is 12.3. The average molecular weight is 510 g/mol. The van der Waals surface area contributed by atoms with Crippen molar-refractivity contribution in [1.29, 1.82) is 0 Å². The third kappa shape index (κ3) is 4.97. The van der Waals surface area contributed by atoms with Crippen LogP contribution < -0.4 is 5.43 Å². The first kappa shape index (κ1) is 22.0. The first-order valence-electron chi connectivity index (χ1n) is 9.73. The van der Waals surface area contributed by atoms with E-state index in [0.717, 1.165) is 27.0 Å². The van der Waals surface area contributed by atoms with E-state index in [1.165, 1.54) is 11.8 Å². The van der Waals surface area contributed by atoms with Crippen LogP contribution in [0.15, 0.2) is 75.5 Å². The van der Waals surface area contributed by atoms with Crippen LogP contribution in [-0.2, 0) is 11.8 Å². The van der Waals surface area contributed by atoms with Gasteiger partial charge in [-0.05, 0) is 25.1 Å². The zero-order valence-electron chi connectivity index (χ0n) is 17.4. The van der Waals surface area contributed by atoms with Gasteiger partial charge in [-0.2, -0.15) is 10.2 Å². The number of amides is 1. The van der Waals surface area contributed by atoms with E-state index in [-0.39, 0.29) is 11.7 Å². The molecule has 8 nitrogen and oxygen atoms in total. The highest BCUT2D eigenvalue weighted by molar-refractivity contribution is 9.10. The second-order valence-electron chi connectivity index (χ2n) is 6.88. The van der Waals surface area contributed by atoms with E-state index in [1.807, 2.05) is 79.3 Å². The molecule has 0 fully saturated rings. The summed E-state index contributed by atoms with van der Waals surface area (Å²) in [6.45, 7) is 1.89. The van der Waals surface area contributed by atoms with Gasteiger partial charge in [0.15, 0.2) is 11.0 Å². The van der Waals surface area contributed by atoms with Crippen LogP contribution >= 0.6 is 27.7 Å². The third-order valence-corrected chi connectivity index (χ3v) is 6.16. The van der Waals surface area contributed by atoms with E-state index in [0.29, 0.717) is 11.0 Å². The van der Waals surface area contributed by atoms with Crippen molar-refractivity contribution in [1.82, 2.24) is 30.0 Å². The lowest BCUT2D eigenvalue weighted by Crippen LogP contribution is -2.20. The summed E-state index contributed by atoms with van der Waals surface area (Å²) >= 11 is 4.89. The van der Waals surface area contributed by atoms with Crippen molar-refractivity contribution in [2.24, 2.45) is 12.1 Å². The second kappa shape index (κ2) is 9.92. The number of para-hydroxylation sites is 1. The number of carbonyl (C=O) groups excluding carboxylic acids is 1. The van der Waals surface area contributed by atoms with E-state index >= 15 is 0 Å². The number of carbonyl (C=O) groups is 1. The Bertz CT molecular complexity index is 1270. The van der Waals surface area contributed by atoms with E-state index < -0.39 is 0 Å². The van der Waals surface area contributed by atoms with Crippen molar-refractivity contribution in [2.75, 3.05) is 5.75 Å². The zero-order valence-corrected chi connectivity index (χ0v) is 19.8. The largest absolute Gasteiger partial charge is 0.275 e. The molecule has 0 spiro atoms. The molecule has 162 valence electrons. The summed E-state index contributed by atoms with van der Waals surface area (Å²) < 4.78 is 4.56. The summed E-state index contributed by atoms with van der Waals surface area (Å²) in [5.74, 6) is 0.596. The Morgan fingerprint density at radius 2 is 1.91 bits per heavy atom. The number of rotatable bonds is 7. The van der Waals surface area contributed by atoms with Crippen LogP contribution in [0, 0.1) is 6.92 Å². The van der Waals surface area contributed by atoms with E-state index in [4.69, 9.17) is 0 Å². The number of thioether (sulfide) groups is 1. The average Bonchev–Trinajstić information content (AvgIpc) is 3.35. The Labute approximate surface area is 197 Å². The molecule has 0 saturated carbocycles. The van der Waals surface area contributed by atoms with Crippen molar-refractivity contribution < 1.29 is 4.79 Å². The molecule has 0 aliphatic heterocycles. The van der Waals surface area contributed by atoms with Gasteiger partial charge >= 0.3 is 0 Å². The molecule has 0 atom stereocenters. The van der Waals surface area contributed by atoms with Crippen molar-refractivity contribution >= 4 is 39.8 Å². The van der Waals surface area contributed by atoms with Gasteiger partial charge in [0, 0.05) is 34.5 Å². The summed E-state index contributed by atoms with van der Waals surface area (Å²) in [5.41, 5.74) is 6.07. The van der Waals surface area contributed by atoms with Crippen LogP contribution in [0.3, 0.4) is 0 Å². The Morgan fingerprint density at radius 1 is 1.16 bits per heavy atom. The number of hydrogen-bond acceptors (Lipinski definition) is 6. The molecule has 0 saturated heterocycles. The van der Waals surface area contributed by atoms with Crippen molar-refractivity contribution in [3.05, 3.63) is 76.5 Å². The summed E-state index contributed by atoms with van der Waals surface area (Å²) in [5, 5.41) is 17.6. The molecule has 0 unspecified atom stereocenters. The second-order valence-corrected chi connectivity index (χ2v) is 8.68. The van der Waals surface area contributed by atoms with Gasteiger partial charge in [-0.15, -0.1) is 10.2 Å². The van der Waals surface area contributed by atoms with Gasteiger partial charge in [0.05, 0.1) is 17.7 Å². The fourth-order valence-electron chi connectivity index (χ4n) is 3.07. The molecular weight excluding hydrogens is 490 g/mol. The lowest BCUT2D eigenvalue weighted by molar-refractivity contribution is -0.118. The Kier molecular flexibility index (Phi) is 6.81. The number of benzene rings is 2. The van der Waals surface area contributed by atoms with E-state index in [1.54, 1.807) is 10.9 Å². The fraction of sp³-hybridized carbons (Fsp3) is 0.136. The summed E-state index contributed by atoms with van der Waals surface area (Å²) in [4.78, 5) is 12.3. The van der Waals surface area contributed by atoms with E-state index in [2.05, 4.69) is 41.8 Å². The Morgan fingerprint density at radius 3 is 2.62 bits per heavy atom. The molecule has 2 aromatic heterocycles. The minimum atomic E-state index is -0.238. The molecular formula is C22H20BrN7OS. The number of hydrogen-bond donors (Lipinski definition) is 1. The van der Waals surface area contributed by atoms with Crippen LogP contribution in [0.4, 0.5) is 0 Å². The van der Waals surface area contributed by atoms with Gasteiger partial charge in [-0.3, -0.25) is 14.0 Å². The number of hydrazone groups is 1. The summed E-state index contributed by atoms with van der Waals surface area (Å²) in [6, 6.07) is 17.7. The van der Waals surface area contributed by atoms with Crippen molar-refractivity contribution in [2.45, 2.75) is 12.1 Å². The van der Waals surface area contributed by atoms with Gasteiger partial charge in [-0.1, -0.05) is 64.1 Å². The molecule has 0 aliphatic carbocycles. The van der Waals surface area contributed by atoms with Crippen LogP contribution in [0.2, 0.25) is 0 Å². The van der Waals surface area contributed by atoms with Gasteiger partial charge in [0.25, 0.3) is 5.91 Å². The molecule has 0 aliphatic rings. The highest BCUT2D eigenvalue weighted by atomic mass is 79.9.